The Morgan fingerprint density at radius 2 is 1.10 bits per heavy atom. The van der Waals surface area contributed by atoms with E-state index in [-0.39, 0.29) is 0 Å². The lowest BCUT2D eigenvalue weighted by atomic mass is 9.96. The van der Waals surface area contributed by atoms with Crippen LogP contribution in [-0.2, 0) is 6.42 Å². The molecule has 328 valence electrons. The van der Waals surface area contributed by atoms with Gasteiger partial charge >= 0.3 is 0 Å². The third kappa shape index (κ3) is 5.78. The first kappa shape index (κ1) is 38.7. The summed E-state index contributed by atoms with van der Waals surface area (Å²) in [4.78, 5) is 16.2. The largest absolute Gasteiger partial charge is 0.456 e. The summed E-state index contributed by atoms with van der Waals surface area (Å²) in [6, 6.07) is 70.1. The summed E-state index contributed by atoms with van der Waals surface area (Å²) >= 11 is 0. The molecule has 0 saturated carbocycles. The smallest absolute Gasteiger partial charge is 0.238 e. The Bertz CT molecular complexity index is 4480. The number of aromatic nitrogens is 5. The Balaban J connectivity index is 0.974. The van der Waals surface area contributed by atoms with Gasteiger partial charge < -0.3 is 13.4 Å². The molecule has 14 aromatic rings. The lowest BCUT2D eigenvalue weighted by molar-refractivity contribution is 0.669. The molecule has 70 heavy (non-hydrogen) atoms. The van der Waals surface area contributed by atoms with E-state index < -0.39 is 0 Å². The van der Waals surface area contributed by atoms with E-state index in [0.29, 0.717) is 17.6 Å². The fourth-order valence-corrected chi connectivity index (χ4v) is 11.2. The number of para-hydroxylation sites is 5. The lowest BCUT2D eigenvalue weighted by Crippen LogP contribution is -2.06. The van der Waals surface area contributed by atoms with Gasteiger partial charge in [0.15, 0.2) is 11.6 Å². The van der Waals surface area contributed by atoms with Crippen LogP contribution in [0.15, 0.2) is 215 Å². The minimum atomic E-state index is 0.514. The molecule has 1 aliphatic carbocycles. The number of rotatable bonds is 6. The van der Waals surface area contributed by atoms with Gasteiger partial charge in [-0.05, 0) is 90.2 Å². The van der Waals surface area contributed by atoms with Crippen molar-refractivity contribution in [3.63, 3.8) is 0 Å². The summed E-state index contributed by atoms with van der Waals surface area (Å²) in [5, 5.41) is 7.53. The van der Waals surface area contributed by atoms with Crippen molar-refractivity contribution in [2.45, 2.75) is 12.8 Å². The van der Waals surface area contributed by atoms with Crippen LogP contribution in [0.2, 0.25) is 0 Å². The molecule has 9 aromatic carbocycles. The molecular formula is C63H39N5O2. The number of furan rings is 2. The average Bonchev–Trinajstić information content (AvgIpc) is 4.19. The van der Waals surface area contributed by atoms with Crippen molar-refractivity contribution in [1.82, 2.24) is 24.1 Å². The third-order valence-electron chi connectivity index (χ3n) is 14.3. The van der Waals surface area contributed by atoms with Gasteiger partial charge in [0.25, 0.3) is 0 Å². The van der Waals surface area contributed by atoms with E-state index >= 15 is 0 Å². The zero-order chi connectivity index (χ0) is 45.9. The van der Waals surface area contributed by atoms with Crippen LogP contribution in [0.1, 0.15) is 17.7 Å². The summed E-state index contributed by atoms with van der Waals surface area (Å²) < 4.78 is 18.1. The number of aryl methyl sites for hydroxylation is 1. The second-order valence-electron chi connectivity index (χ2n) is 18.2. The topological polar surface area (TPSA) is 74.8 Å². The molecule has 0 amide bonds. The number of allylic oxidation sites excluding steroid dienone is 1. The molecule has 0 aliphatic heterocycles. The maximum absolute atomic E-state index is 7.04. The third-order valence-corrected chi connectivity index (χ3v) is 14.3. The first-order valence-corrected chi connectivity index (χ1v) is 23.8. The van der Waals surface area contributed by atoms with Crippen LogP contribution < -0.4 is 0 Å². The van der Waals surface area contributed by atoms with Gasteiger partial charge in [-0.25, -0.2) is 4.98 Å². The van der Waals surface area contributed by atoms with Gasteiger partial charge in [0.1, 0.15) is 22.3 Å². The minimum Gasteiger partial charge on any atom is -0.456 e. The van der Waals surface area contributed by atoms with Crippen molar-refractivity contribution >= 4 is 82.7 Å². The molecule has 0 bridgehead atoms. The SMILES string of the molecule is C1=Cc2c(c3cccc(-c4cccc5c4oc4cccc(-c6nc(-c7ccc8c(c7)oc7ccccc78)nc(-n7c8ccccc8c8cc(-c9ccccc9)ccc87)n6)c45)c3n2-c2ccccc2)CC1. The number of nitrogens with zero attached hydrogens (tertiary/aromatic N) is 5. The minimum absolute atomic E-state index is 0.514. The van der Waals surface area contributed by atoms with Crippen LogP contribution in [0, 0.1) is 0 Å². The highest BCUT2D eigenvalue weighted by atomic mass is 16.3. The molecule has 1 aliphatic rings. The summed E-state index contributed by atoms with van der Waals surface area (Å²) in [6.07, 6.45) is 6.60. The highest BCUT2D eigenvalue weighted by molar-refractivity contribution is 6.17. The van der Waals surface area contributed by atoms with Gasteiger partial charge in [0.05, 0.1) is 16.6 Å². The Kier molecular flexibility index (Phi) is 8.35. The quantitative estimate of drug-likeness (QED) is 0.166. The molecule has 0 saturated heterocycles. The van der Waals surface area contributed by atoms with Gasteiger partial charge in [0.2, 0.25) is 5.95 Å². The maximum Gasteiger partial charge on any atom is 0.238 e. The summed E-state index contributed by atoms with van der Waals surface area (Å²) in [7, 11) is 0. The highest BCUT2D eigenvalue weighted by Gasteiger charge is 2.25. The number of hydrogen-bond acceptors (Lipinski definition) is 5. The van der Waals surface area contributed by atoms with Crippen molar-refractivity contribution in [3.05, 3.63) is 218 Å². The first-order chi connectivity index (χ1) is 34.7. The molecule has 0 spiro atoms. The lowest BCUT2D eigenvalue weighted by Gasteiger charge is -2.13. The molecule has 5 heterocycles. The predicted octanol–water partition coefficient (Wildman–Crippen LogP) is 16.3. The van der Waals surface area contributed by atoms with E-state index in [9.17, 15) is 0 Å². The summed E-state index contributed by atoms with van der Waals surface area (Å²) in [6.45, 7) is 0. The molecule has 7 nitrogen and oxygen atoms in total. The number of benzene rings is 9. The van der Waals surface area contributed by atoms with Gasteiger partial charge in [-0.1, -0.05) is 152 Å². The van der Waals surface area contributed by atoms with Gasteiger partial charge in [-0.3, -0.25) is 4.57 Å². The molecule has 7 heteroatoms. The van der Waals surface area contributed by atoms with Crippen LogP contribution in [0.4, 0.5) is 0 Å². The monoisotopic (exact) mass is 897 g/mol. The molecular weight excluding hydrogens is 859 g/mol. The average molecular weight is 898 g/mol. The molecule has 15 rings (SSSR count). The predicted molar refractivity (Wildman–Crippen MR) is 285 cm³/mol. The van der Waals surface area contributed by atoms with Crippen molar-refractivity contribution in [2.75, 3.05) is 0 Å². The van der Waals surface area contributed by atoms with E-state index in [2.05, 4.69) is 197 Å². The van der Waals surface area contributed by atoms with Crippen LogP contribution in [0.3, 0.4) is 0 Å². The first-order valence-electron chi connectivity index (χ1n) is 23.8. The van der Waals surface area contributed by atoms with E-state index in [1.165, 1.54) is 22.2 Å². The van der Waals surface area contributed by atoms with Crippen LogP contribution >= 0.6 is 0 Å². The Morgan fingerprint density at radius 3 is 2.00 bits per heavy atom. The van der Waals surface area contributed by atoms with Crippen molar-refractivity contribution in [1.29, 1.82) is 0 Å². The Labute approximate surface area is 400 Å². The highest BCUT2D eigenvalue weighted by Crippen LogP contribution is 2.45. The number of fused-ring (bicyclic) bond motifs is 12. The Morgan fingerprint density at radius 1 is 0.414 bits per heavy atom. The van der Waals surface area contributed by atoms with E-state index in [1.807, 2.05) is 24.3 Å². The maximum atomic E-state index is 7.04. The molecule has 5 aromatic heterocycles. The van der Waals surface area contributed by atoms with Crippen molar-refractivity contribution < 1.29 is 8.83 Å². The molecule has 0 atom stereocenters. The molecule has 0 unspecified atom stereocenters. The van der Waals surface area contributed by atoms with Crippen molar-refractivity contribution in [2.24, 2.45) is 0 Å². The van der Waals surface area contributed by atoms with Gasteiger partial charge in [-0.15, -0.1) is 0 Å². The van der Waals surface area contributed by atoms with Crippen LogP contribution in [-0.4, -0.2) is 24.1 Å². The fourth-order valence-electron chi connectivity index (χ4n) is 11.2. The van der Waals surface area contributed by atoms with E-state index in [4.69, 9.17) is 23.8 Å². The zero-order valence-electron chi connectivity index (χ0n) is 37.7. The van der Waals surface area contributed by atoms with E-state index in [1.54, 1.807) is 0 Å². The van der Waals surface area contributed by atoms with E-state index in [0.717, 1.165) is 118 Å². The summed E-state index contributed by atoms with van der Waals surface area (Å²) in [5.41, 5.74) is 16.2. The normalized spacial score (nSPS) is 12.7. The van der Waals surface area contributed by atoms with Crippen molar-refractivity contribution in [3.8, 4) is 56.7 Å². The zero-order valence-corrected chi connectivity index (χ0v) is 37.7. The molecule has 0 radical (unpaired) electrons. The fraction of sp³-hybridized carbons (Fsp3) is 0.0317. The van der Waals surface area contributed by atoms with Gasteiger partial charge in [-0.2, -0.15) is 9.97 Å². The van der Waals surface area contributed by atoms with Crippen LogP contribution in [0.25, 0.3) is 139 Å². The second-order valence-corrected chi connectivity index (χ2v) is 18.2. The molecule has 0 N–H and O–H groups in total. The number of hydrogen-bond donors (Lipinski definition) is 0. The standard InChI is InChI=1S/C63H39N5O2/c1-3-16-38(17-4-1)39-33-35-54-51(36-39)43-21-8-11-29-53(43)68(54)63-65-61(40-32-34-45-44-22-9-12-30-55(44)69-57(45)37-40)64-62(66-63)50-27-15-31-56-58(50)49-26-14-25-48(60(49)70-56)47-24-13-23-46-42-20-7-10-28-52(42)67(59(46)47)41-18-5-2-6-19-41/h1-6,8-19,21-37H,7,20H2. The summed E-state index contributed by atoms with van der Waals surface area (Å²) in [5.74, 6) is 1.58. The van der Waals surface area contributed by atoms with Gasteiger partial charge in [0, 0.05) is 71.3 Å². The molecule has 0 fully saturated rings. The second kappa shape index (κ2) is 15.1. The van der Waals surface area contributed by atoms with Crippen LogP contribution in [0.5, 0.6) is 0 Å². The Hall–Kier alpha value is -9.33.